The normalized spacial score (nSPS) is 17.9. The maximum Gasteiger partial charge on any atom is 0.343 e. The van der Waals surface area contributed by atoms with Gasteiger partial charge in [-0.3, -0.25) is 0 Å². The molecule has 21 heteroatoms. The fourth-order valence-corrected chi connectivity index (χ4v) is 4.89. The molecular weight excluding hydrogens is 744 g/mol. The molecular formula is C34H28O21. The second kappa shape index (κ2) is 15.3. The molecule has 0 bridgehead atoms. The smallest absolute Gasteiger partial charge is 0.343 e. The molecule has 1 saturated heterocycles. The largest absolute Gasteiger partial charge is 0.504 e. The van der Waals surface area contributed by atoms with Crippen molar-refractivity contribution in [1.82, 2.24) is 0 Å². The summed E-state index contributed by atoms with van der Waals surface area (Å²) in [4.78, 5) is 50.9. The monoisotopic (exact) mass is 772 g/mol. The number of hydrogen-bond acceptors (Lipinski definition) is 21. The molecule has 5 rings (SSSR count). The van der Waals surface area contributed by atoms with Gasteiger partial charge in [0.05, 0.1) is 28.9 Å². The SMILES string of the molecule is O=C(OCC1OCC(OC(=O)c2cc(O)c(O)c(OC(=O)c3cc(O)c(O)c(OC(=O)c4cc(O)c(O)c(O)c4)c3)c2)C(O)C1O)c1cc(O)c(O)c(O)c1. The van der Waals surface area contributed by atoms with Crippen LogP contribution < -0.4 is 9.47 Å². The van der Waals surface area contributed by atoms with E-state index in [-0.39, 0.29) is 5.56 Å². The first-order chi connectivity index (χ1) is 25.9. The summed E-state index contributed by atoms with van der Waals surface area (Å²) in [6, 6.07) is 5.73. The summed E-state index contributed by atoms with van der Waals surface area (Å²) in [6.07, 6.45) is -6.60. The highest BCUT2D eigenvalue weighted by Gasteiger charge is 2.41. The van der Waals surface area contributed by atoms with Gasteiger partial charge in [-0.1, -0.05) is 0 Å². The van der Waals surface area contributed by atoms with E-state index < -0.39 is 147 Å². The molecule has 0 spiro atoms. The predicted molar refractivity (Wildman–Crippen MR) is 174 cm³/mol. The van der Waals surface area contributed by atoms with Gasteiger partial charge in [0, 0.05) is 0 Å². The number of benzene rings is 4. The molecule has 290 valence electrons. The zero-order valence-corrected chi connectivity index (χ0v) is 27.4. The highest BCUT2D eigenvalue weighted by molar-refractivity contribution is 5.96. The van der Waals surface area contributed by atoms with E-state index in [1.165, 1.54) is 0 Å². The molecule has 0 radical (unpaired) electrons. The van der Waals surface area contributed by atoms with E-state index >= 15 is 0 Å². The number of aliphatic hydroxyl groups excluding tert-OH is 2. The summed E-state index contributed by atoms with van der Waals surface area (Å²) >= 11 is 0. The minimum atomic E-state index is -1.85. The highest BCUT2D eigenvalue weighted by Crippen LogP contribution is 2.41. The van der Waals surface area contributed by atoms with Crippen LogP contribution in [0.2, 0.25) is 0 Å². The van der Waals surface area contributed by atoms with Gasteiger partial charge in [-0.15, -0.1) is 0 Å². The molecule has 0 aromatic heterocycles. The fraction of sp³-hybridized carbons (Fsp3) is 0.176. The number of aromatic hydroxyl groups is 10. The van der Waals surface area contributed by atoms with E-state index in [0.29, 0.717) is 36.4 Å². The third kappa shape index (κ3) is 8.17. The molecule has 21 nitrogen and oxygen atoms in total. The lowest BCUT2D eigenvalue weighted by atomic mass is 10.0. The second-order valence-electron chi connectivity index (χ2n) is 11.6. The molecule has 4 aromatic rings. The Balaban J connectivity index is 1.24. The number of rotatable bonds is 9. The van der Waals surface area contributed by atoms with Crippen molar-refractivity contribution in [2.45, 2.75) is 24.4 Å². The fourth-order valence-electron chi connectivity index (χ4n) is 4.89. The molecule has 0 aliphatic carbocycles. The Morgan fingerprint density at radius 2 is 0.873 bits per heavy atom. The third-order valence-corrected chi connectivity index (χ3v) is 7.82. The quantitative estimate of drug-likeness (QED) is 0.0632. The minimum Gasteiger partial charge on any atom is -0.504 e. The molecule has 1 aliphatic rings. The number of ether oxygens (including phenoxy) is 5. The van der Waals surface area contributed by atoms with E-state index in [2.05, 4.69) is 0 Å². The Kier molecular flexibility index (Phi) is 10.8. The summed E-state index contributed by atoms with van der Waals surface area (Å²) in [6.45, 7) is -1.25. The van der Waals surface area contributed by atoms with Crippen LogP contribution in [0, 0.1) is 0 Å². The summed E-state index contributed by atoms with van der Waals surface area (Å²) < 4.78 is 25.5. The third-order valence-electron chi connectivity index (χ3n) is 7.82. The molecule has 1 aliphatic heterocycles. The lowest BCUT2D eigenvalue weighted by molar-refractivity contribution is -0.196. The summed E-state index contributed by atoms with van der Waals surface area (Å²) in [5, 5.41) is 119. The van der Waals surface area contributed by atoms with Gasteiger partial charge in [-0.05, 0) is 48.5 Å². The zero-order chi connectivity index (χ0) is 40.5. The molecule has 0 amide bonds. The lowest BCUT2D eigenvalue weighted by Gasteiger charge is -2.36. The van der Waals surface area contributed by atoms with Crippen molar-refractivity contribution in [3.05, 3.63) is 70.8 Å². The van der Waals surface area contributed by atoms with Crippen LogP contribution in [0.15, 0.2) is 48.5 Å². The van der Waals surface area contributed by atoms with Gasteiger partial charge in [0.2, 0.25) is 11.5 Å². The van der Waals surface area contributed by atoms with Gasteiger partial charge in [-0.25, -0.2) is 19.2 Å². The van der Waals surface area contributed by atoms with Crippen LogP contribution in [0.5, 0.6) is 69.0 Å². The number of carbonyl (C=O) groups is 4. The average molecular weight is 773 g/mol. The number of phenolic OH excluding ortho intramolecular Hbond substituents is 10. The topological polar surface area (TPSA) is 357 Å². The van der Waals surface area contributed by atoms with E-state index in [9.17, 15) is 80.5 Å². The standard InChI is InChI=1S/C34H28O21/c35-15-1-11(2-16(36)25(15)41)31(47)52-9-23-29(45)30(46)24(10-51-23)55-34(50)14-6-20(40)28(44)22(8-14)54-33(49)13-5-19(39)27(43)21(7-13)53-32(48)12-3-17(37)26(42)18(38)4-12/h1-8,23-24,29-30,35-46H,9-10H2. The summed E-state index contributed by atoms with van der Waals surface area (Å²) in [7, 11) is 0. The number of hydrogen-bond donors (Lipinski definition) is 12. The van der Waals surface area contributed by atoms with Crippen LogP contribution in [0.1, 0.15) is 41.4 Å². The first-order valence-electron chi connectivity index (χ1n) is 15.3. The predicted octanol–water partition coefficient (Wildman–Crippen LogP) is 0.684. The van der Waals surface area contributed by atoms with Crippen LogP contribution in [0.25, 0.3) is 0 Å². The Hall–Kier alpha value is -7.36. The number of aliphatic hydroxyl groups is 2. The first-order valence-corrected chi connectivity index (χ1v) is 15.3. The van der Waals surface area contributed by atoms with Crippen LogP contribution in [0.4, 0.5) is 0 Å². The molecule has 1 fully saturated rings. The van der Waals surface area contributed by atoms with Gasteiger partial charge < -0.3 is 85.0 Å². The van der Waals surface area contributed by atoms with E-state index in [0.717, 1.165) is 12.1 Å². The van der Waals surface area contributed by atoms with Crippen LogP contribution >= 0.6 is 0 Å². The van der Waals surface area contributed by atoms with Gasteiger partial charge in [0.25, 0.3) is 0 Å². The van der Waals surface area contributed by atoms with Crippen molar-refractivity contribution in [3.8, 4) is 69.0 Å². The van der Waals surface area contributed by atoms with Crippen molar-refractivity contribution in [3.63, 3.8) is 0 Å². The Labute approximate surface area is 305 Å². The molecule has 4 unspecified atom stereocenters. The number of carbonyl (C=O) groups excluding carboxylic acids is 4. The molecule has 55 heavy (non-hydrogen) atoms. The van der Waals surface area contributed by atoms with Crippen molar-refractivity contribution >= 4 is 23.9 Å². The van der Waals surface area contributed by atoms with Gasteiger partial charge in [0.1, 0.15) is 24.9 Å². The highest BCUT2D eigenvalue weighted by atomic mass is 16.6. The second-order valence-corrected chi connectivity index (χ2v) is 11.6. The van der Waals surface area contributed by atoms with Crippen molar-refractivity contribution in [2.24, 2.45) is 0 Å². The molecule has 12 N–H and O–H groups in total. The minimum absolute atomic E-state index is 0.379. The number of esters is 4. The van der Waals surface area contributed by atoms with Gasteiger partial charge in [0.15, 0.2) is 63.6 Å². The van der Waals surface area contributed by atoms with E-state index in [1.54, 1.807) is 0 Å². The Bertz CT molecular complexity index is 2150. The number of phenols is 10. The van der Waals surface area contributed by atoms with Gasteiger partial charge in [-0.2, -0.15) is 0 Å². The first kappa shape index (κ1) is 38.9. The van der Waals surface area contributed by atoms with E-state index in [1.807, 2.05) is 0 Å². The van der Waals surface area contributed by atoms with E-state index in [4.69, 9.17) is 23.7 Å². The summed E-state index contributed by atoms with van der Waals surface area (Å²) in [5.41, 5.74) is -2.14. The van der Waals surface area contributed by atoms with Crippen LogP contribution in [-0.4, -0.2) is 123 Å². The Morgan fingerprint density at radius 1 is 0.509 bits per heavy atom. The lowest BCUT2D eigenvalue weighted by Crippen LogP contribution is -2.55. The average Bonchev–Trinajstić information content (AvgIpc) is 3.13. The summed E-state index contributed by atoms with van der Waals surface area (Å²) in [5.74, 6) is -16.4. The maximum absolute atomic E-state index is 13.0. The van der Waals surface area contributed by atoms with Crippen molar-refractivity contribution < 1.29 is 104 Å². The van der Waals surface area contributed by atoms with Crippen LogP contribution in [0.3, 0.4) is 0 Å². The van der Waals surface area contributed by atoms with Crippen molar-refractivity contribution in [1.29, 1.82) is 0 Å². The maximum atomic E-state index is 13.0. The molecule has 0 saturated carbocycles. The molecule has 4 atom stereocenters. The van der Waals surface area contributed by atoms with Crippen LogP contribution in [-0.2, 0) is 14.2 Å². The van der Waals surface area contributed by atoms with Crippen molar-refractivity contribution in [2.75, 3.05) is 13.2 Å². The zero-order valence-electron chi connectivity index (χ0n) is 27.4. The molecule has 4 aromatic carbocycles. The molecule has 1 heterocycles. The van der Waals surface area contributed by atoms with Gasteiger partial charge >= 0.3 is 23.9 Å². The Morgan fingerprint density at radius 3 is 1.31 bits per heavy atom.